The summed E-state index contributed by atoms with van der Waals surface area (Å²) in [4.78, 5) is 11.6. The summed E-state index contributed by atoms with van der Waals surface area (Å²) in [6, 6.07) is -1.39. The average molecular weight is 545 g/mol. The fraction of sp³-hybridized carbons (Fsp3) is 0.950. The molecule has 37 heavy (non-hydrogen) atoms. The molecular weight excluding hydrogens is 510 g/mol. The van der Waals surface area contributed by atoms with Crippen molar-refractivity contribution in [2.24, 2.45) is 0 Å². The van der Waals surface area contributed by atoms with Gasteiger partial charge in [0.05, 0.1) is 19.8 Å². The van der Waals surface area contributed by atoms with Crippen LogP contribution in [0.4, 0.5) is 0 Å². The molecule has 17 nitrogen and oxygen atoms in total. The molecule has 216 valence electrons. The number of hydrogen-bond acceptors (Lipinski definition) is 16. The molecule has 3 heterocycles. The third-order valence-corrected chi connectivity index (χ3v) is 6.48. The number of aliphatic hydroxyl groups is 10. The number of carbonyl (C=O) groups is 1. The van der Waals surface area contributed by atoms with Gasteiger partial charge in [-0.15, -0.1) is 0 Å². The Morgan fingerprint density at radius 2 is 1.08 bits per heavy atom. The molecule has 1 unspecified atom stereocenters. The van der Waals surface area contributed by atoms with Crippen molar-refractivity contribution in [2.75, 3.05) is 19.8 Å². The summed E-state index contributed by atoms with van der Waals surface area (Å²) in [6.45, 7) is -1.20. The molecule has 3 saturated heterocycles. The van der Waals surface area contributed by atoms with Crippen molar-refractivity contribution in [3.63, 3.8) is 0 Å². The first-order chi connectivity index (χ1) is 17.4. The first kappa shape index (κ1) is 30.4. The highest BCUT2D eigenvalue weighted by atomic mass is 16.8. The highest BCUT2D eigenvalue weighted by Crippen LogP contribution is 2.31. The number of ether oxygens (including phenoxy) is 5. The predicted molar refractivity (Wildman–Crippen MR) is 113 cm³/mol. The van der Waals surface area contributed by atoms with Gasteiger partial charge in [-0.2, -0.15) is 0 Å². The molecule has 3 aliphatic rings. The Kier molecular flexibility index (Phi) is 10.5. The predicted octanol–water partition coefficient (Wildman–Crippen LogP) is -7.43. The SMILES string of the molecule is CC(=O)N[C@H]1[C@@H](OC2O[C@H](CO)[C@@H](O[C@@H]3O[C@H](CO)[C@H](O)[C@H](O)[C@H]3O)[C@H](O)[C@H]2O)O[C@H](CO)[C@H](O)[C@@H]1O. The number of amides is 1. The van der Waals surface area contributed by atoms with E-state index in [1.165, 1.54) is 0 Å². The molecule has 15 atom stereocenters. The van der Waals surface area contributed by atoms with E-state index in [2.05, 4.69) is 5.32 Å². The van der Waals surface area contributed by atoms with Crippen molar-refractivity contribution in [1.29, 1.82) is 0 Å². The fourth-order valence-corrected chi connectivity index (χ4v) is 4.39. The molecular formula is C20H35NO16. The third kappa shape index (κ3) is 6.38. The summed E-state index contributed by atoms with van der Waals surface area (Å²) in [5.74, 6) is -0.637. The number of carbonyl (C=O) groups excluding carboxylic acids is 1. The van der Waals surface area contributed by atoms with Gasteiger partial charge in [-0.05, 0) is 0 Å². The molecule has 0 spiro atoms. The molecule has 1 amide bonds. The molecule has 0 saturated carbocycles. The molecule has 17 heteroatoms. The van der Waals surface area contributed by atoms with Gasteiger partial charge in [0, 0.05) is 6.92 Å². The molecule has 0 radical (unpaired) electrons. The molecule has 3 fully saturated rings. The summed E-state index contributed by atoms with van der Waals surface area (Å²) in [5.41, 5.74) is 0. The number of aliphatic hydroxyl groups excluding tert-OH is 10. The lowest BCUT2D eigenvalue weighted by Crippen LogP contribution is -2.68. The standard InChI is InChI=1S/C20H35NO16/c1-5(25)21-9-12(28)10(26)6(2-22)33-18(9)37-20-16(32)14(30)17(8(4-24)35-20)36-19-15(31)13(29)11(27)7(3-23)34-19/h6-20,22-24,26-32H,2-4H2,1H3,(H,21,25)/t6-,7-,8-,9-,10+,11+,12-,13+,14-,15-,16-,17-,18-,19+,20?/m1/s1. The second-order valence-corrected chi connectivity index (χ2v) is 9.07. The number of rotatable bonds is 8. The Hall–Kier alpha value is -1.13. The maximum atomic E-state index is 11.6. The van der Waals surface area contributed by atoms with Crippen LogP contribution in [0.2, 0.25) is 0 Å². The summed E-state index contributed by atoms with van der Waals surface area (Å²) >= 11 is 0. The highest BCUT2D eigenvalue weighted by molar-refractivity contribution is 5.73. The van der Waals surface area contributed by atoms with Gasteiger partial charge in [0.15, 0.2) is 18.9 Å². The molecule has 3 rings (SSSR count). The summed E-state index contributed by atoms with van der Waals surface area (Å²) in [5, 5.41) is 103. The third-order valence-electron chi connectivity index (χ3n) is 6.48. The first-order valence-electron chi connectivity index (χ1n) is 11.6. The van der Waals surface area contributed by atoms with Gasteiger partial charge in [0.25, 0.3) is 0 Å². The van der Waals surface area contributed by atoms with Gasteiger partial charge < -0.3 is 80.1 Å². The van der Waals surface area contributed by atoms with Crippen LogP contribution in [0.5, 0.6) is 0 Å². The molecule has 0 bridgehead atoms. The van der Waals surface area contributed by atoms with Gasteiger partial charge in [-0.3, -0.25) is 4.79 Å². The molecule has 3 aliphatic heterocycles. The largest absolute Gasteiger partial charge is 0.394 e. The van der Waals surface area contributed by atoms with E-state index in [9.17, 15) is 55.9 Å². The van der Waals surface area contributed by atoms with Crippen LogP contribution in [-0.4, -0.2) is 169 Å². The van der Waals surface area contributed by atoms with Crippen LogP contribution in [0.15, 0.2) is 0 Å². The zero-order valence-corrected chi connectivity index (χ0v) is 19.7. The van der Waals surface area contributed by atoms with E-state index in [1.54, 1.807) is 0 Å². The highest BCUT2D eigenvalue weighted by Gasteiger charge is 2.53. The summed E-state index contributed by atoms with van der Waals surface area (Å²) in [6.07, 6.45) is -23.1. The van der Waals surface area contributed by atoms with Crippen molar-refractivity contribution in [3.05, 3.63) is 0 Å². The summed E-state index contributed by atoms with van der Waals surface area (Å²) in [7, 11) is 0. The van der Waals surface area contributed by atoms with E-state index >= 15 is 0 Å². The smallest absolute Gasteiger partial charge is 0.217 e. The lowest BCUT2D eigenvalue weighted by atomic mass is 9.96. The molecule has 0 aromatic heterocycles. The summed E-state index contributed by atoms with van der Waals surface area (Å²) < 4.78 is 27.1. The normalized spacial score (nSPS) is 49.0. The quantitative estimate of drug-likeness (QED) is 0.135. The lowest BCUT2D eigenvalue weighted by molar-refractivity contribution is -0.384. The molecule has 0 aliphatic carbocycles. The van der Waals surface area contributed by atoms with Crippen LogP contribution in [0.1, 0.15) is 6.92 Å². The Morgan fingerprint density at radius 3 is 1.62 bits per heavy atom. The Labute approximate surface area is 210 Å². The van der Waals surface area contributed by atoms with E-state index < -0.39 is 118 Å². The first-order valence-corrected chi connectivity index (χ1v) is 11.6. The van der Waals surface area contributed by atoms with Crippen molar-refractivity contribution in [1.82, 2.24) is 5.32 Å². The van der Waals surface area contributed by atoms with Crippen molar-refractivity contribution in [2.45, 2.75) is 99.0 Å². The maximum Gasteiger partial charge on any atom is 0.217 e. The Balaban J connectivity index is 1.74. The second kappa shape index (κ2) is 12.8. The Bertz CT molecular complexity index is 743. The van der Waals surface area contributed by atoms with Gasteiger partial charge in [0.2, 0.25) is 5.91 Å². The topological polar surface area (TPSA) is 278 Å². The van der Waals surface area contributed by atoms with E-state index in [0.29, 0.717) is 0 Å². The van der Waals surface area contributed by atoms with Crippen molar-refractivity contribution < 1.29 is 79.5 Å². The van der Waals surface area contributed by atoms with E-state index in [0.717, 1.165) is 6.92 Å². The zero-order valence-electron chi connectivity index (χ0n) is 19.7. The Morgan fingerprint density at radius 1 is 0.622 bits per heavy atom. The number of nitrogens with one attached hydrogen (secondary N) is 1. The molecule has 0 aromatic rings. The average Bonchev–Trinajstić information content (AvgIpc) is 2.87. The molecule has 0 aromatic carbocycles. The van der Waals surface area contributed by atoms with Crippen molar-refractivity contribution >= 4 is 5.91 Å². The van der Waals surface area contributed by atoms with Crippen molar-refractivity contribution in [3.8, 4) is 0 Å². The van der Waals surface area contributed by atoms with Crippen LogP contribution >= 0.6 is 0 Å². The van der Waals surface area contributed by atoms with Crippen LogP contribution in [0.25, 0.3) is 0 Å². The minimum Gasteiger partial charge on any atom is -0.394 e. The van der Waals surface area contributed by atoms with Crippen LogP contribution in [-0.2, 0) is 28.5 Å². The van der Waals surface area contributed by atoms with Crippen LogP contribution < -0.4 is 5.32 Å². The minimum atomic E-state index is -1.92. The van der Waals surface area contributed by atoms with Crippen LogP contribution in [0.3, 0.4) is 0 Å². The van der Waals surface area contributed by atoms with E-state index in [4.69, 9.17) is 23.7 Å². The van der Waals surface area contributed by atoms with Gasteiger partial charge >= 0.3 is 0 Å². The van der Waals surface area contributed by atoms with Crippen LogP contribution in [0, 0.1) is 0 Å². The minimum absolute atomic E-state index is 0.637. The van der Waals surface area contributed by atoms with E-state index in [1.807, 2.05) is 0 Å². The van der Waals surface area contributed by atoms with Gasteiger partial charge in [-0.1, -0.05) is 0 Å². The second-order valence-electron chi connectivity index (χ2n) is 9.07. The van der Waals surface area contributed by atoms with Gasteiger partial charge in [0.1, 0.15) is 73.2 Å². The number of hydrogen-bond donors (Lipinski definition) is 11. The van der Waals surface area contributed by atoms with Gasteiger partial charge in [-0.25, -0.2) is 0 Å². The molecule has 11 N–H and O–H groups in total. The lowest BCUT2D eigenvalue weighted by Gasteiger charge is -2.48. The maximum absolute atomic E-state index is 11.6. The fourth-order valence-electron chi connectivity index (χ4n) is 4.39. The van der Waals surface area contributed by atoms with E-state index in [-0.39, 0.29) is 0 Å². The zero-order chi connectivity index (χ0) is 27.6. The monoisotopic (exact) mass is 545 g/mol.